The third-order valence-electron chi connectivity index (χ3n) is 3.88. The number of hydrogen-bond acceptors (Lipinski definition) is 3. The van der Waals surface area contributed by atoms with Crippen molar-refractivity contribution in [1.82, 2.24) is 10.2 Å². The first-order chi connectivity index (χ1) is 9.61. The second-order valence-corrected chi connectivity index (χ2v) is 5.68. The topological polar surface area (TPSA) is 52.6 Å². The van der Waals surface area contributed by atoms with E-state index in [1.165, 1.54) is 0 Å². The number of aliphatic hydroxyl groups excluding tert-OH is 1. The monoisotopic (exact) mass is 296 g/mol. The number of likely N-dealkylation sites (N-methyl/N-ethyl adjacent to an activating group) is 1. The smallest absolute Gasteiger partial charge is 0.236 e. The van der Waals surface area contributed by atoms with Crippen LogP contribution in [0.15, 0.2) is 24.3 Å². The second kappa shape index (κ2) is 7.07. The summed E-state index contributed by atoms with van der Waals surface area (Å²) in [5.74, 6) is 0.335. The molecule has 110 valence electrons. The lowest BCUT2D eigenvalue weighted by Crippen LogP contribution is -2.43. The van der Waals surface area contributed by atoms with Gasteiger partial charge in [-0.05, 0) is 43.5 Å². The van der Waals surface area contributed by atoms with Gasteiger partial charge in [0.25, 0.3) is 0 Å². The molecule has 2 rings (SSSR count). The SMILES string of the molecule is CNCC(=O)N1CCC(C(O)c2ccc(Cl)cc2)CC1. The summed E-state index contributed by atoms with van der Waals surface area (Å²) in [7, 11) is 1.77. The van der Waals surface area contributed by atoms with Crippen molar-refractivity contribution in [1.29, 1.82) is 0 Å². The molecule has 20 heavy (non-hydrogen) atoms. The Morgan fingerprint density at radius 2 is 2.00 bits per heavy atom. The van der Waals surface area contributed by atoms with Crippen molar-refractivity contribution in [2.75, 3.05) is 26.7 Å². The third kappa shape index (κ3) is 3.72. The van der Waals surface area contributed by atoms with Crippen LogP contribution >= 0.6 is 11.6 Å². The Labute approximate surface area is 124 Å². The van der Waals surface area contributed by atoms with Crippen LogP contribution in [0.1, 0.15) is 24.5 Å². The number of rotatable bonds is 4. The normalized spacial score (nSPS) is 18.1. The van der Waals surface area contributed by atoms with Crippen LogP contribution in [0, 0.1) is 5.92 Å². The van der Waals surface area contributed by atoms with Crippen LogP contribution in [-0.2, 0) is 4.79 Å². The second-order valence-electron chi connectivity index (χ2n) is 5.24. The van der Waals surface area contributed by atoms with Crippen LogP contribution in [0.2, 0.25) is 5.02 Å². The molecule has 1 fully saturated rings. The number of nitrogens with zero attached hydrogens (tertiary/aromatic N) is 1. The van der Waals surface area contributed by atoms with Crippen molar-refractivity contribution in [2.45, 2.75) is 18.9 Å². The van der Waals surface area contributed by atoms with Crippen LogP contribution in [-0.4, -0.2) is 42.6 Å². The summed E-state index contributed by atoms with van der Waals surface area (Å²) < 4.78 is 0. The fraction of sp³-hybridized carbons (Fsp3) is 0.533. The summed E-state index contributed by atoms with van der Waals surface area (Å²) in [5, 5.41) is 14.0. The van der Waals surface area contributed by atoms with Crippen molar-refractivity contribution >= 4 is 17.5 Å². The van der Waals surface area contributed by atoms with Gasteiger partial charge in [0.05, 0.1) is 12.6 Å². The van der Waals surface area contributed by atoms with E-state index in [1.807, 2.05) is 17.0 Å². The Morgan fingerprint density at radius 3 is 2.55 bits per heavy atom. The molecule has 1 atom stereocenters. The molecule has 1 aliphatic rings. The lowest BCUT2D eigenvalue weighted by atomic mass is 9.87. The van der Waals surface area contributed by atoms with E-state index < -0.39 is 6.10 Å². The Balaban J connectivity index is 1.90. The number of carbonyl (C=O) groups excluding carboxylic acids is 1. The van der Waals surface area contributed by atoms with Gasteiger partial charge in [-0.1, -0.05) is 23.7 Å². The highest BCUT2D eigenvalue weighted by Gasteiger charge is 2.27. The number of piperidine rings is 1. The predicted molar refractivity (Wildman–Crippen MR) is 79.6 cm³/mol. The minimum Gasteiger partial charge on any atom is -0.388 e. The average molecular weight is 297 g/mol. The number of carbonyl (C=O) groups is 1. The van der Waals surface area contributed by atoms with Gasteiger partial charge in [0.2, 0.25) is 5.91 Å². The quantitative estimate of drug-likeness (QED) is 0.891. The highest BCUT2D eigenvalue weighted by Crippen LogP contribution is 2.31. The molecular formula is C15H21ClN2O2. The van der Waals surface area contributed by atoms with E-state index in [0.717, 1.165) is 31.5 Å². The number of amides is 1. The van der Waals surface area contributed by atoms with Gasteiger partial charge in [0.1, 0.15) is 0 Å². The third-order valence-corrected chi connectivity index (χ3v) is 4.13. The highest BCUT2D eigenvalue weighted by atomic mass is 35.5. The largest absolute Gasteiger partial charge is 0.388 e. The average Bonchev–Trinajstić information content (AvgIpc) is 2.48. The van der Waals surface area contributed by atoms with E-state index in [-0.39, 0.29) is 11.8 Å². The van der Waals surface area contributed by atoms with Crippen LogP contribution in [0.4, 0.5) is 0 Å². The van der Waals surface area contributed by atoms with Crippen molar-refractivity contribution < 1.29 is 9.90 Å². The highest BCUT2D eigenvalue weighted by molar-refractivity contribution is 6.30. The predicted octanol–water partition coefficient (Wildman–Crippen LogP) is 1.83. The molecule has 0 aliphatic carbocycles. The van der Waals surface area contributed by atoms with Crippen LogP contribution in [0.25, 0.3) is 0 Å². The first-order valence-electron chi connectivity index (χ1n) is 6.97. The fourth-order valence-corrected chi connectivity index (χ4v) is 2.79. The number of halogens is 1. The molecule has 0 spiro atoms. The van der Waals surface area contributed by atoms with Crippen molar-refractivity contribution in [3.8, 4) is 0 Å². The van der Waals surface area contributed by atoms with E-state index in [2.05, 4.69) is 5.32 Å². The maximum Gasteiger partial charge on any atom is 0.236 e. The first-order valence-corrected chi connectivity index (χ1v) is 7.35. The molecule has 0 bridgehead atoms. The zero-order chi connectivity index (χ0) is 14.5. The van der Waals surface area contributed by atoms with Crippen LogP contribution in [0.5, 0.6) is 0 Å². The van der Waals surface area contributed by atoms with E-state index in [4.69, 9.17) is 11.6 Å². The Morgan fingerprint density at radius 1 is 1.40 bits per heavy atom. The minimum absolute atomic E-state index is 0.131. The molecule has 5 heteroatoms. The first kappa shape index (κ1) is 15.3. The van der Waals surface area contributed by atoms with Crippen molar-refractivity contribution in [3.05, 3.63) is 34.9 Å². The number of nitrogens with one attached hydrogen (secondary N) is 1. The van der Waals surface area contributed by atoms with Crippen molar-refractivity contribution in [3.63, 3.8) is 0 Å². The summed E-state index contributed by atoms with van der Waals surface area (Å²) in [6.45, 7) is 1.82. The summed E-state index contributed by atoms with van der Waals surface area (Å²) in [6.07, 6.45) is 1.19. The Bertz CT molecular complexity index is 442. The van der Waals surface area contributed by atoms with E-state index >= 15 is 0 Å². The van der Waals surface area contributed by atoms with Gasteiger partial charge in [0, 0.05) is 18.1 Å². The Kier molecular flexibility index (Phi) is 5.40. The molecule has 1 aromatic carbocycles. The summed E-state index contributed by atoms with van der Waals surface area (Å²) in [6, 6.07) is 7.33. The molecule has 1 saturated heterocycles. The molecule has 1 aliphatic heterocycles. The zero-order valence-corrected chi connectivity index (χ0v) is 12.4. The maximum absolute atomic E-state index is 11.8. The lowest BCUT2D eigenvalue weighted by Gasteiger charge is -2.34. The van der Waals surface area contributed by atoms with E-state index in [9.17, 15) is 9.90 Å². The molecule has 1 heterocycles. The standard InChI is InChI=1S/C15H21ClN2O2/c1-17-10-14(19)18-8-6-12(7-9-18)15(20)11-2-4-13(16)5-3-11/h2-5,12,15,17,20H,6-10H2,1H3. The summed E-state index contributed by atoms with van der Waals surface area (Å²) in [5.41, 5.74) is 0.898. The minimum atomic E-state index is -0.478. The molecule has 1 aromatic rings. The van der Waals surface area contributed by atoms with E-state index in [0.29, 0.717) is 11.6 Å². The molecular weight excluding hydrogens is 276 g/mol. The van der Waals surface area contributed by atoms with Gasteiger partial charge >= 0.3 is 0 Å². The molecule has 2 N–H and O–H groups in total. The number of aliphatic hydroxyl groups is 1. The fourth-order valence-electron chi connectivity index (χ4n) is 2.66. The summed E-state index contributed by atoms with van der Waals surface area (Å²) in [4.78, 5) is 13.6. The molecule has 1 unspecified atom stereocenters. The van der Waals surface area contributed by atoms with Gasteiger partial charge in [-0.3, -0.25) is 4.79 Å². The van der Waals surface area contributed by atoms with E-state index in [1.54, 1.807) is 19.2 Å². The number of likely N-dealkylation sites (tertiary alicyclic amines) is 1. The Hall–Kier alpha value is -1.10. The molecule has 0 aromatic heterocycles. The molecule has 0 saturated carbocycles. The number of hydrogen-bond donors (Lipinski definition) is 2. The van der Waals surface area contributed by atoms with Gasteiger partial charge in [-0.15, -0.1) is 0 Å². The molecule has 4 nitrogen and oxygen atoms in total. The van der Waals surface area contributed by atoms with Crippen LogP contribution < -0.4 is 5.32 Å². The lowest BCUT2D eigenvalue weighted by molar-refractivity contribution is -0.132. The van der Waals surface area contributed by atoms with Gasteiger partial charge < -0.3 is 15.3 Å². The van der Waals surface area contributed by atoms with Gasteiger partial charge in [-0.2, -0.15) is 0 Å². The van der Waals surface area contributed by atoms with Gasteiger partial charge in [0.15, 0.2) is 0 Å². The van der Waals surface area contributed by atoms with Crippen molar-refractivity contribution in [2.24, 2.45) is 5.92 Å². The molecule has 1 amide bonds. The maximum atomic E-state index is 11.8. The molecule has 0 radical (unpaired) electrons. The van der Waals surface area contributed by atoms with Crippen LogP contribution in [0.3, 0.4) is 0 Å². The number of benzene rings is 1. The van der Waals surface area contributed by atoms with Gasteiger partial charge in [-0.25, -0.2) is 0 Å². The zero-order valence-electron chi connectivity index (χ0n) is 11.7. The summed E-state index contributed by atoms with van der Waals surface area (Å²) >= 11 is 5.85.